The van der Waals surface area contributed by atoms with E-state index in [1.807, 2.05) is 48.5 Å². The highest BCUT2D eigenvalue weighted by Gasteiger charge is 2.23. The highest BCUT2D eigenvalue weighted by Crippen LogP contribution is 2.25. The lowest BCUT2D eigenvalue weighted by Crippen LogP contribution is -2.31. The summed E-state index contributed by atoms with van der Waals surface area (Å²) in [5.41, 5.74) is 0.903. The molecule has 0 aliphatic carbocycles. The molecular weight excluding hydrogens is 520 g/mol. The Bertz CT molecular complexity index is 1750. The highest BCUT2D eigenvalue weighted by molar-refractivity contribution is 5.96. The smallest absolute Gasteiger partial charge is 0.305 e. The van der Waals surface area contributed by atoms with Gasteiger partial charge in [-0.15, -0.1) is 0 Å². The zero-order valence-corrected chi connectivity index (χ0v) is 21.2. The molecule has 3 aromatic carbocycles. The van der Waals surface area contributed by atoms with Crippen LogP contribution in [0.3, 0.4) is 0 Å². The Morgan fingerprint density at radius 1 is 1.02 bits per heavy atom. The number of aliphatic carboxylic acids is 1. The normalized spacial score (nSPS) is 11.2. The number of aryl methyl sites for hydroxylation is 2. The molecule has 0 aliphatic rings. The number of para-hydroxylation sites is 2. The first-order chi connectivity index (χ1) is 19.3. The third-order valence-electron chi connectivity index (χ3n) is 6.53. The van der Waals surface area contributed by atoms with E-state index in [1.54, 1.807) is 6.07 Å². The number of amides is 1. The van der Waals surface area contributed by atoms with E-state index < -0.39 is 28.9 Å². The number of pyridine rings is 1. The number of carboxylic acids is 1. The van der Waals surface area contributed by atoms with Crippen molar-refractivity contribution >= 4 is 39.8 Å². The second kappa shape index (κ2) is 11.4. The summed E-state index contributed by atoms with van der Waals surface area (Å²) in [5.74, 6) is -3.43. The maximum atomic E-state index is 16.1. The van der Waals surface area contributed by atoms with Crippen molar-refractivity contribution in [2.45, 2.75) is 25.9 Å². The Labute approximate surface area is 226 Å². The molecular formula is C29H25F2N5O4. The molecule has 5 rings (SSSR count). The van der Waals surface area contributed by atoms with Crippen molar-refractivity contribution in [3.8, 4) is 0 Å². The first-order valence-corrected chi connectivity index (χ1v) is 12.6. The van der Waals surface area contributed by atoms with Gasteiger partial charge in [-0.25, -0.2) is 13.8 Å². The summed E-state index contributed by atoms with van der Waals surface area (Å²) in [6.45, 7) is -0.367. The van der Waals surface area contributed by atoms with Crippen molar-refractivity contribution < 1.29 is 23.5 Å². The van der Waals surface area contributed by atoms with Gasteiger partial charge < -0.3 is 25.3 Å². The van der Waals surface area contributed by atoms with E-state index in [0.29, 0.717) is 17.9 Å². The molecule has 5 aromatic rings. The zero-order chi connectivity index (χ0) is 28.2. The Morgan fingerprint density at radius 3 is 2.52 bits per heavy atom. The number of benzene rings is 3. The average molecular weight is 546 g/mol. The summed E-state index contributed by atoms with van der Waals surface area (Å²) in [7, 11) is 0. The number of halogens is 2. The van der Waals surface area contributed by atoms with Gasteiger partial charge in [0, 0.05) is 31.3 Å². The Balaban J connectivity index is 1.56. The van der Waals surface area contributed by atoms with E-state index in [9.17, 15) is 14.4 Å². The number of anilines is 1. The Kier molecular flexibility index (Phi) is 7.54. The van der Waals surface area contributed by atoms with Crippen molar-refractivity contribution in [1.29, 1.82) is 0 Å². The number of imidazole rings is 1. The molecule has 11 heteroatoms. The lowest BCUT2D eigenvalue weighted by molar-refractivity contribution is -0.136. The van der Waals surface area contributed by atoms with Crippen LogP contribution in [0.4, 0.5) is 14.7 Å². The fraction of sp³-hybridized carbons (Fsp3) is 0.172. The van der Waals surface area contributed by atoms with Crippen molar-refractivity contribution in [3.05, 3.63) is 105 Å². The number of fused-ring (bicyclic) bond motifs is 2. The zero-order valence-electron chi connectivity index (χ0n) is 21.2. The third-order valence-corrected chi connectivity index (χ3v) is 6.53. The van der Waals surface area contributed by atoms with Crippen LogP contribution in [0.5, 0.6) is 0 Å². The molecule has 0 radical (unpaired) electrons. The Hall–Kier alpha value is -5.06. The monoisotopic (exact) mass is 545 g/mol. The van der Waals surface area contributed by atoms with Gasteiger partial charge in [0.05, 0.1) is 28.4 Å². The van der Waals surface area contributed by atoms with E-state index >= 15 is 8.78 Å². The highest BCUT2D eigenvalue weighted by atomic mass is 19.1. The average Bonchev–Trinajstić information content (AvgIpc) is 3.36. The molecule has 0 saturated carbocycles. The topological polar surface area (TPSA) is 129 Å². The summed E-state index contributed by atoms with van der Waals surface area (Å²) in [6.07, 6.45) is 0.0579. The van der Waals surface area contributed by atoms with E-state index in [4.69, 9.17) is 5.11 Å². The molecule has 40 heavy (non-hydrogen) atoms. The summed E-state index contributed by atoms with van der Waals surface area (Å²) in [6, 6.07) is 18.5. The molecule has 0 aliphatic heterocycles. The summed E-state index contributed by atoms with van der Waals surface area (Å²) in [4.78, 5) is 44.3. The minimum Gasteiger partial charge on any atom is -0.481 e. The van der Waals surface area contributed by atoms with Crippen LogP contribution in [-0.2, 0) is 24.3 Å². The van der Waals surface area contributed by atoms with Gasteiger partial charge in [0.1, 0.15) is 11.5 Å². The predicted octanol–water partition coefficient (Wildman–Crippen LogP) is 4.22. The number of rotatable bonds is 10. The molecule has 0 bridgehead atoms. The maximum Gasteiger partial charge on any atom is 0.305 e. The maximum absolute atomic E-state index is 16.1. The summed E-state index contributed by atoms with van der Waals surface area (Å²) in [5, 5.41) is 14.1. The lowest BCUT2D eigenvalue weighted by atomic mass is 10.1. The minimum atomic E-state index is -1.11. The number of H-pyrrole nitrogens is 1. The lowest BCUT2D eigenvalue weighted by Gasteiger charge is -2.19. The number of carbonyl (C=O) groups excluding carboxylic acids is 1. The van der Waals surface area contributed by atoms with Crippen LogP contribution in [0.25, 0.3) is 21.9 Å². The van der Waals surface area contributed by atoms with Crippen LogP contribution < -0.4 is 16.1 Å². The first kappa shape index (κ1) is 26.5. The van der Waals surface area contributed by atoms with Gasteiger partial charge in [-0.2, -0.15) is 0 Å². The van der Waals surface area contributed by atoms with E-state index in [1.165, 1.54) is 4.57 Å². The minimum absolute atomic E-state index is 0.0987. The fourth-order valence-electron chi connectivity index (χ4n) is 4.55. The van der Waals surface area contributed by atoms with Crippen LogP contribution >= 0.6 is 0 Å². The molecule has 2 heterocycles. The standard InChI is InChI=1S/C29H25F2N5O4/c30-20-14-18-24(37)15-23(28(40)32-12-10-25(38)39)36(13-11-17-6-2-1-3-7-17)27(18)26(31)19(20)16-33-29-34-21-8-4-5-9-22(21)35-29/h1-9,14-15H,10-13,16H2,(H,32,40)(H,38,39)(H2,33,34,35). The number of carboxylic acid groups (broad SMARTS) is 1. The summed E-state index contributed by atoms with van der Waals surface area (Å²) >= 11 is 0. The van der Waals surface area contributed by atoms with Crippen LogP contribution in [0.15, 0.2) is 71.5 Å². The molecule has 1 amide bonds. The van der Waals surface area contributed by atoms with Crippen molar-refractivity contribution in [2.24, 2.45) is 0 Å². The van der Waals surface area contributed by atoms with Crippen LogP contribution in [-0.4, -0.2) is 38.1 Å². The second-order valence-corrected chi connectivity index (χ2v) is 9.18. The van der Waals surface area contributed by atoms with Crippen LogP contribution in [0, 0.1) is 11.6 Å². The molecule has 9 nitrogen and oxygen atoms in total. The number of aromatic nitrogens is 3. The molecule has 204 valence electrons. The number of nitrogens with one attached hydrogen (secondary N) is 3. The van der Waals surface area contributed by atoms with Gasteiger partial charge >= 0.3 is 5.97 Å². The van der Waals surface area contributed by atoms with E-state index in [2.05, 4.69) is 20.6 Å². The van der Waals surface area contributed by atoms with Crippen molar-refractivity contribution in [1.82, 2.24) is 19.9 Å². The van der Waals surface area contributed by atoms with Crippen molar-refractivity contribution in [3.63, 3.8) is 0 Å². The van der Waals surface area contributed by atoms with Gasteiger partial charge in [-0.3, -0.25) is 14.4 Å². The molecule has 0 fully saturated rings. The quantitative estimate of drug-likeness (QED) is 0.208. The number of hydrogen-bond donors (Lipinski definition) is 4. The molecule has 2 aromatic heterocycles. The molecule has 0 atom stereocenters. The van der Waals surface area contributed by atoms with Crippen LogP contribution in [0.2, 0.25) is 0 Å². The van der Waals surface area contributed by atoms with E-state index in [0.717, 1.165) is 23.2 Å². The van der Waals surface area contributed by atoms with Crippen LogP contribution in [0.1, 0.15) is 28.0 Å². The summed E-state index contributed by atoms with van der Waals surface area (Å²) < 4.78 is 32.6. The molecule has 4 N–H and O–H groups in total. The number of carbonyl (C=O) groups is 2. The molecule has 0 spiro atoms. The predicted molar refractivity (Wildman–Crippen MR) is 146 cm³/mol. The largest absolute Gasteiger partial charge is 0.481 e. The fourth-order valence-corrected chi connectivity index (χ4v) is 4.55. The Morgan fingerprint density at radius 2 is 1.77 bits per heavy atom. The number of aromatic amines is 1. The molecule has 0 saturated heterocycles. The van der Waals surface area contributed by atoms with Crippen molar-refractivity contribution in [2.75, 3.05) is 11.9 Å². The van der Waals surface area contributed by atoms with Gasteiger partial charge in [0.15, 0.2) is 11.2 Å². The molecule has 0 unspecified atom stereocenters. The second-order valence-electron chi connectivity index (χ2n) is 9.18. The number of nitrogens with zero attached hydrogens (tertiary/aromatic N) is 2. The number of hydrogen-bond acceptors (Lipinski definition) is 5. The van der Waals surface area contributed by atoms with Gasteiger partial charge in [0.25, 0.3) is 5.91 Å². The van der Waals surface area contributed by atoms with Gasteiger partial charge in [-0.1, -0.05) is 42.5 Å². The van der Waals surface area contributed by atoms with Gasteiger partial charge in [0.2, 0.25) is 5.95 Å². The SMILES string of the molecule is O=C(O)CCNC(=O)c1cc(=O)c2cc(F)c(CNc3nc4ccccc4[nH]3)c(F)c2n1CCc1ccccc1. The third kappa shape index (κ3) is 5.53. The van der Waals surface area contributed by atoms with Gasteiger partial charge in [-0.05, 0) is 30.2 Å². The first-order valence-electron chi connectivity index (χ1n) is 12.6. The van der Waals surface area contributed by atoms with E-state index in [-0.39, 0.29) is 48.2 Å².